The van der Waals surface area contributed by atoms with Gasteiger partial charge >= 0.3 is 5.97 Å². The predicted octanol–water partition coefficient (Wildman–Crippen LogP) is 2.64. The van der Waals surface area contributed by atoms with Gasteiger partial charge in [-0.05, 0) is 30.5 Å². The van der Waals surface area contributed by atoms with Crippen LogP contribution in [0.25, 0.3) is 0 Å². The molecule has 0 aliphatic carbocycles. The molecule has 0 amide bonds. The molecule has 0 saturated heterocycles. The van der Waals surface area contributed by atoms with Crippen LogP contribution in [0.3, 0.4) is 0 Å². The van der Waals surface area contributed by atoms with Crippen LogP contribution in [-0.2, 0) is 17.7 Å². The summed E-state index contributed by atoms with van der Waals surface area (Å²) < 4.78 is 6.38. The lowest BCUT2D eigenvalue weighted by atomic mass is 10.1. The number of carbonyl (C=O) groups excluding carboxylic acids is 1. The van der Waals surface area contributed by atoms with E-state index in [-0.39, 0.29) is 5.69 Å². The maximum Gasteiger partial charge on any atom is 0.360 e. The van der Waals surface area contributed by atoms with Crippen molar-refractivity contribution < 1.29 is 9.53 Å². The second-order valence-corrected chi connectivity index (χ2v) is 4.89. The first-order valence-corrected chi connectivity index (χ1v) is 6.70. The van der Waals surface area contributed by atoms with E-state index in [1.807, 2.05) is 32.0 Å². The number of benzene rings is 1. The van der Waals surface area contributed by atoms with Crippen LogP contribution < -0.4 is 0 Å². The smallest absolute Gasteiger partial charge is 0.360 e. The second kappa shape index (κ2) is 6.05. The third-order valence-corrected chi connectivity index (χ3v) is 3.43. The molecule has 20 heavy (non-hydrogen) atoms. The zero-order valence-electron chi connectivity index (χ0n) is 11.7. The lowest BCUT2D eigenvalue weighted by molar-refractivity contribution is 0.0592. The van der Waals surface area contributed by atoms with Gasteiger partial charge in [0.1, 0.15) is 0 Å². The molecule has 0 aliphatic rings. The molecule has 5 nitrogen and oxygen atoms in total. The summed E-state index contributed by atoms with van der Waals surface area (Å²) in [6.45, 7) is 4.41. The Balaban J connectivity index is 2.34. The molecule has 0 bridgehead atoms. The first-order chi connectivity index (χ1) is 9.56. The molecule has 0 atom stereocenters. The molecule has 0 radical (unpaired) electrons. The minimum atomic E-state index is -0.469. The Bertz CT molecular complexity index is 637. The lowest BCUT2D eigenvalue weighted by Gasteiger charge is -2.08. The number of aryl methyl sites for hydroxylation is 1. The normalized spacial score (nSPS) is 10.6. The van der Waals surface area contributed by atoms with Gasteiger partial charge < -0.3 is 4.74 Å². The molecular formula is C14H16ClN3O2. The van der Waals surface area contributed by atoms with Crippen molar-refractivity contribution in [2.24, 2.45) is 0 Å². The van der Waals surface area contributed by atoms with Gasteiger partial charge in [-0.2, -0.15) is 0 Å². The van der Waals surface area contributed by atoms with Crippen LogP contribution >= 0.6 is 11.6 Å². The molecular weight excluding hydrogens is 278 g/mol. The van der Waals surface area contributed by atoms with Gasteiger partial charge in [0.15, 0.2) is 5.69 Å². The summed E-state index contributed by atoms with van der Waals surface area (Å²) in [4.78, 5) is 11.6. The monoisotopic (exact) mass is 293 g/mol. The predicted molar refractivity (Wildman–Crippen MR) is 76.0 cm³/mol. The van der Waals surface area contributed by atoms with Crippen LogP contribution in [0.1, 0.15) is 34.2 Å². The molecule has 0 fully saturated rings. The van der Waals surface area contributed by atoms with Crippen LogP contribution in [0.5, 0.6) is 0 Å². The molecule has 106 valence electrons. The van der Waals surface area contributed by atoms with Gasteiger partial charge in [0.05, 0.1) is 19.3 Å². The summed E-state index contributed by atoms with van der Waals surface area (Å²) in [7, 11) is 1.33. The quantitative estimate of drug-likeness (QED) is 0.813. The maximum absolute atomic E-state index is 11.6. The fourth-order valence-corrected chi connectivity index (χ4v) is 2.30. The fourth-order valence-electron chi connectivity index (χ4n) is 2.01. The van der Waals surface area contributed by atoms with Gasteiger partial charge in [0.2, 0.25) is 0 Å². The molecule has 6 heteroatoms. The van der Waals surface area contributed by atoms with E-state index in [4.69, 9.17) is 16.3 Å². The molecule has 2 rings (SSSR count). The van der Waals surface area contributed by atoms with Crippen molar-refractivity contribution in [3.8, 4) is 0 Å². The van der Waals surface area contributed by atoms with E-state index in [1.165, 1.54) is 7.11 Å². The third-order valence-electron chi connectivity index (χ3n) is 3.08. The van der Waals surface area contributed by atoms with Crippen LogP contribution in [-0.4, -0.2) is 28.1 Å². The number of aromatic nitrogens is 3. The van der Waals surface area contributed by atoms with Crippen molar-refractivity contribution in [2.75, 3.05) is 7.11 Å². The largest absolute Gasteiger partial charge is 0.464 e. The highest BCUT2D eigenvalue weighted by Crippen LogP contribution is 2.19. The number of halogens is 1. The van der Waals surface area contributed by atoms with Crippen molar-refractivity contribution in [1.82, 2.24) is 15.0 Å². The van der Waals surface area contributed by atoms with E-state index >= 15 is 0 Å². The zero-order valence-corrected chi connectivity index (χ0v) is 12.4. The van der Waals surface area contributed by atoms with Gasteiger partial charge in [-0.3, -0.25) is 0 Å². The minimum Gasteiger partial charge on any atom is -0.464 e. The van der Waals surface area contributed by atoms with E-state index in [0.29, 0.717) is 18.0 Å². The second-order valence-electron chi connectivity index (χ2n) is 4.48. The minimum absolute atomic E-state index is 0.262. The average Bonchev–Trinajstić information content (AvgIpc) is 2.83. The number of methoxy groups -OCH3 is 1. The van der Waals surface area contributed by atoms with E-state index in [1.54, 1.807) is 4.68 Å². The average molecular weight is 294 g/mol. The molecule has 0 unspecified atom stereocenters. The van der Waals surface area contributed by atoms with Crippen LogP contribution in [0, 0.1) is 6.92 Å². The van der Waals surface area contributed by atoms with Crippen molar-refractivity contribution in [1.29, 1.82) is 0 Å². The highest BCUT2D eigenvalue weighted by atomic mass is 35.5. The molecule has 1 aromatic heterocycles. The molecule has 0 saturated carbocycles. The Hall–Kier alpha value is -1.88. The zero-order chi connectivity index (χ0) is 14.7. The van der Waals surface area contributed by atoms with E-state index in [0.717, 1.165) is 16.8 Å². The van der Waals surface area contributed by atoms with Crippen molar-refractivity contribution in [2.45, 2.75) is 26.8 Å². The summed E-state index contributed by atoms with van der Waals surface area (Å²) in [5.74, 6) is -0.469. The van der Waals surface area contributed by atoms with Crippen molar-refractivity contribution >= 4 is 17.6 Å². The number of esters is 1. The Morgan fingerprint density at radius 2 is 2.20 bits per heavy atom. The Labute approximate surface area is 122 Å². The van der Waals surface area contributed by atoms with Crippen LogP contribution in [0.15, 0.2) is 18.2 Å². The number of carbonyl (C=O) groups is 1. The SMILES string of the molecule is CCc1c(C(=O)OC)nnn1Cc1ccc(C)cc1Cl. The number of nitrogens with zero attached hydrogens (tertiary/aromatic N) is 3. The summed E-state index contributed by atoms with van der Waals surface area (Å²) in [5, 5.41) is 8.60. The van der Waals surface area contributed by atoms with Crippen LogP contribution in [0.4, 0.5) is 0 Å². The third kappa shape index (κ3) is 2.82. The summed E-state index contributed by atoms with van der Waals surface area (Å²) in [6.07, 6.45) is 0.640. The molecule has 2 aromatic rings. The first kappa shape index (κ1) is 14.5. The molecule has 0 aliphatic heterocycles. The van der Waals surface area contributed by atoms with Crippen molar-refractivity contribution in [3.05, 3.63) is 45.7 Å². The number of hydrogen-bond acceptors (Lipinski definition) is 4. The Morgan fingerprint density at radius 1 is 1.45 bits per heavy atom. The first-order valence-electron chi connectivity index (χ1n) is 6.32. The van der Waals surface area contributed by atoms with Crippen LogP contribution in [0.2, 0.25) is 5.02 Å². The van der Waals surface area contributed by atoms with Gasteiger partial charge in [-0.1, -0.05) is 35.9 Å². The van der Waals surface area contributed by atoms with E-state index < -0.39 is 5.97 Å². The number of hydrogen-bond donors (Lipinski definition) is 0. The highest BCUT2D eigenvalue weighted by molar-refractivity contribution is 6.31. The standard InChI is InChI=1S/C14H16ClN3O2/c1-4-12-13(14(19)20-3)16-17-18(12)8-10-6-5-9(2)7-11(10)15/h5-7H,4,8H2,1-3H3. The van der Waals surface area contributed by atoms with Crippen molar-refractivity contribution in [3.63, 3.8) is 0 Å². The summed E-state index contributed by atoms with van der Waals surface area (Å²) in [5.41, 5.74) is 3.04. The van der Waals surface area contributed by atoms with Gasteiger partial charge in [0.25, 0.3) is 0 Å². The van der Waals surface area contributed by atoms with Gasteiger partial charge in [0, 0.05) is 5.02 Å². The maximum atomic E-state index is 11.6. The highest BCUT2D eigenvalue weighted by Gasteiger charge is 2.19. The fraction of sp³-hybridized carbons (Fsp3) is 0.357. The van der Waals surface area contributed by atoms with Gasteiger partial charge in [-0.15, -0.1) is 5.10 Å². The van der Waals surface area contributed by atoms with E-state index in [2.05, 4.69) is 10.3 Å². The number of rotatable bonds is 4. The summed E-state index contributed by atoms with van der Waals surface area (Å²) >= 11 is 6.22. The van der Waals surface area contributed by atoms with Gasteiger partial charge in [-0.25, -0.2) is 9.48 Å². The molecule has 1 heterocycles. The number of ether oxygens (including phenoxy) is 1. The lowest BCUT2D eigenvalue weighted by Crippen LogP contribution is -2.10. The molecule has 0 N–H and O–H groups in total. The topological polar surface area (TPSA) is 57.0 Å². The molecule has 1 aromatic carbocycles. The Morgan fingerprint density at radius 3 is 2.80 bits per heavy atom. The molecule has 0 spiro atoms. The summed E-state index contributed by atoms with van der Waals surface area (Å²) in [6, 6.07) is 5.85. The Kier molecular flexibility index (Phi) is 4.39. The van der Waals surface area contributed by atoms with E-state index in [9.17, 15) is 4.79 Å².